The van der Waals surface area contributed by atoms with Crippen molar-refractivity contribution in [1.82, 2.24) is 10.3 Å². The number of carboxylic acids is 1. The summed E-state index contributed by atoms with van der Waals surface area (Å²) in [6.07, 6.45) is 2.41. The normalized spacial score (nSPS) is 14.2. The molecule has 0 radical (unpaired) electrons. The lowest BCUT2D eigenvalue weighted by atomic mass is 10.0. The van der Waals surface area contributed by atoms with E-state index in [1.807, 2.05) is 18.2 Å². The molecule has 94 valence electrons. The van der Waals surface area contributed by atoms with Crippen molar-refractivity contribution >= 4 is 5.97 Å². The maximum Gasteiger partial charge on any atom is 0.326 e. The molecule has 0 bridgehead atoms. The third-order valence-electron chi connectivity index (χ3n) is 2.53. The lowest BCUT2D eigenvalue weighted by Crippen LogP contribution is -2.53. The number of nitrogens with zero attached hydrogens (tertiary/aromatic N) is 1. The van der Waals surface area contributed by atoms with E-state index in [9.17, 15) is 4.79 Å². The molecule has 0 aliphatic heterocycles. The van der Waals surface area contributed by atoms with E-state index in [4.69, 9.17) is 9.84 Å². The summed E-state index contributed by atoms with van der Waals surface area (Å²) >= 11 is 0. The molecule has 1 heterocycles. The number of hydrogen-bond acceptors (Lipinski definition) is 4. The average Bonchev–Trinajstić information content (AvgIpc) is 2.30. The molecule has 1 rings (SSSR count). The number of hydrogen-bond donors (Lipinski definition) is 2. The SMILES string of the molecule is COCC(C)(NCCc1ccccn1)C(=O)O. The predicted molar refractivity (Wildman–Crippen MR) is 63.9 cm³/mol. The average molecular weight is 238 g/mol. The van der Waals surface area contributed by atoms with E-state index in [1.165, 1.54) is 7.11 Å². The fraction of sp³-hybridized carbons (Fsp3) is 0.500. The molecule has 0 amide bonds. The highest BCUT2D eigenvalue weighted by Gasteiger charge is 2.32. The van der Waals surface area contributed by atoms with Crippen LogP contribution in [-0.2, 0) is 16.0 Å². The molecular formula is C12H18N2O3. The molecule has 0 aliphatic carbocycles. The number of aromatic nitrogens is 1. The summed E-state index contributed by atoms with van der Waals surface area (Å²) in [7, 11) is 1.49. The van der Waals surface area contributed by atoms with Gasteiger partial charge in [0.15, 0.2) is 0 Å². The summed E-state index contributed by atoms with van der Waals surface area (Å²) in [4.78, 5) is 15.3. The Morgan fingerprint density at radius 1 is 1.59 bits per heavy atom. The van der Waals surface area contributed by atoms with E-state index in [-0.39, 0.29) is 6.61 Å². The lowest BCUT2D eigenvalue weighted by molar-refractivity contribution is -0.146. The zero-order chi connectivity index (χ0) is 12.7. The summed E-state index contributed by atoms with van der Waals surface area (Å²) in [6, 6.07) is 5.67. The number of methoxy groups -OCH3 is 1. The fourth-order valence-electron chi connectivity index (χ4n) is 1.49. The Bertz CT molecular complexity index is 356. The van der Waals surface area contributed by atoms with Gasteiger partial charge in [-0.3, -0.25) is 15.1 Å². The van der Waals surface area contributed by atoms with Crippen molar-refractivity contribution in [3.05, 3.63) is 30.1 Å². The summed E-state index contributed by atoms with van der Waals surface area (Å²) < 4.78 is 4.91. The largest absolute Gasteiger partial charge is 0.480 e. The molecule has 1 atom stereocenters. The van der Waals surface area contributed by atoms with Gasteiger partial charge in [-0.2, -0.15) is 0 Å². The highest BCUT2D eigenvalue weighted by atomic mass is 16.5. The minimum Gasteiger partial charge on any atom is -0.480 e. The molecule has 0 saturated carbocycles. The van der Waals surface area contributed by atoms with Crippen molar-refractivity contribution < 1.29 is 14.6 Å². The molecular weight excluding hydrogens is 220 g/mol. The van der Waals surface area contributed by atoms with Crippen LogP contribution in [-0.4, -0.2) is 41.9 Å². The van der Waals surface area contributed by atoms with Crippen molar-refractivity contribution in [2.75, 3.05) is 20.3 Å². The van der Waals surface area contributed by atoms with Crippen molar-refractivity contribution in [1.29, 1.82) is 0 Å². The molecule has 17 heavy (non-hydrogen) atoms. The number of nitrogens with one attached hydrogen (secondary N) is 1. The predicted octanol–water partition coefficient (Wildman–Crippen LogP) is 0.703. The Kier molecular flexibility index (Phi) is 5.06. The van der Waals surface area contributed by atoms with Gasteiger partial charge in [-0.1, -0.05) is 6.07 Å². The van der Waals surface area contributed by atoms with E-state index in [1.54, 1.807) is 13.1 Å². The monoisotopic (exact) mass is 238 g/mol. The van der Waals surface area contributed by atoms with Crippen LogP contribution in [0.15, 0.2) is 24.4 Å². The van der Waals surface area contributed by atoms with E-state index in [2.05, 4.69) is 10.3 Å². The molecule has 1 aromatic rings. The first-order valence-electron chi connectivity index (χ1n) is 5.46. The minimum atomic E-state index is -1.05. The molecule has 5 heteroatoms. The number of rotatable bonds is 7. The smallest absolute Gasteiger partial charge is 0.326 e. The second kappa shape index (κ2) is 6.32. The molecule has 0 saturated heterocycles. The second-order valence-corrected chi connectivity index (χ2v) is 4.07. The van der Waals surface area contributed by atoms with Crippen LogP contribution in [0.2, 0.25) is 0 Å². The van der Waals surface area contributed by atoms with Crippen molar-refractivity contribution in [2.24, 2.45) is 0 Å². The lowest BCUT2D eigenvalue weighted by Gasteiger charge is -2.25. The van der Waals surface area contributed by atoms with Gasteiger partial charge in [-0.05, 0) is 19.1 Å². The van der Waals surface area contributed by atoms with Crippen LogP contribution >= 0.6 is 0 Å². The van der Waals surface area contributed by atoms with Gasteiger partial charge in [0, 0.05) is 32.0 Å². The van der Waals surface area contributed by atoms with Crippen LogP contribution < -0.4 is 5.32 Å². The Hall–Kier alpha value is -1.46. The van der Waals surface area contributed by atoms with E-state index in [0.29, 0.717) is 13.0 Å². The van der Waals surface area contributed by atoms with Gasteiger partial charge < -0.3 is 9.84 Å². The summed E-state index contributed by atoms with van der Waals surface area (Å²) in [5.74, 6) is -0.916. The molecule has 0 fully saturated rings. The molecule has 0 aliphatic rings. The topological polar surface area (TPSA) is 71.5 Å². The molecule has 1 unspecified atom stereocenters. The molecule has 0 aromatic carbocycles. The third kappa shape index (κ3) is 4.13. The van der Waals surface area contributed by atoms with Gasteiger partial charge in [-0.25, -0.2) is 0 Å². The molecule has 0 spiro atoms. The van der Waals surface area contributed by atoms with Gasteiger partial charge in [0.2, 0.25) is 0 Å². The number of carbonyl (C=O) groups is 1. The zero-order valence-corrected chi connectivity index (χ0v) is 10.1. The van der Waals surface area contributed by atoms with Gasteiger partial charge in [0.25, 0.3) is 0 Å². The number of pyridine rings is 1. The van der Waals surface area contributed by atoms with Crippen LogP contribution in [0.1, 0.15) is 12.6 Å². The standard InChI is InChI=1S/C12H18N2O3/c1-12(9-17-2,11(15)16)14-8-6-10-5-3-4-7-13-10/h3-5,7,14H,6,8-9H2,1-2H3,(H,15,16). The van der Waals surface area contributed by atoms with Crippen molar-refractivity contribution in [3.63, 3.8) is 0 Å². The maximum absolute atomic E-state index is 11.1. The molecule has 5 nitrogen and oxygen atoms in total. The minimum absolute atomic E-state index is 0.130. The number of aliphatic carboxylic acids is 1. The zero-order valence-electron chi connectivity index (χ0n) is 10.1. The van der Waals surface area contributed by atoms with Crippen LogP contribution in [0.4, 0.5) is 0 Å². The Morgan fingerprint density at radius 2 is 2.35 bits per heavy atom. The van der Waals surface area contributed by atoms with Gasteiger partial charge >= 0.3 is 5.97 Å². The van der Waals surface area contributed by atoms with Crippen molar-refractivity contribution in [3.8, 4) is 0 Å². The van der Waals surface area contributed by atoms with E-state index >= 15 is 0 Å². The van der Waals surface area contributed by atoms with Gasteiger partial charge in [0.05, 0.1) is 6.61 Å². The highest BCUT2D eigenvalue weighted by molar-refractivity contribution is 5.78. The first-order chi connectivity index (χ1) is 8.08. The van der Waals surface area contributed by atoms with Crippen LogP contribution in [0, 0.1) is 0 Å². The van der Waals surface area contributed by atoms with Gasteiger partial charge in [0.1, 0.15) is 5.54 Å². The van der Waals surface area contributed by atoms with Crippen LogP contribution in [0.3, 0.4) is 0 Å². The summed E-state index contributed by atoms with van der Waals surface area (Å²) in [5.41, 5.74) is -0.117. The van der Waals surface area contributed by atoms with Crippen LogP contribution in [0.25, 0.3) is 0 Å². The van der Waals surface area contributed by atoms with E-state index < -0.39 is 11.5 Å². The van der Waals surface area contributed by atoms with Crippen LogP contribution in [0.5, 0.6) is 0 Å². The van der Waals surface area contributed by atoms with Crippen molar-refractivity contribution in [2.45, 2.75) is 18.9 Å². The quantitative estimate of drug-likeness (QED) is 0.731. The number of carboxylic acid groups (broad SMARTS) is 1. The summed E-state index contributed by atoms with van der Waals surface area (Å²) in [6.45, 7) is 2.28. The second-order valence-electron chi connectivity index (χ2n) is 4.07. The third-order valence-corrected chi connectivity index (χ3v) is 2.53. The molecule has 2 N–H and O–H groups in total. The Balaban J connectivity index is 2.45. The molecule has 1 aromatic heterocycles. The first kappa shape index (κ1) is 13.6. The fourth-order valence-corrected chi connectivity index (χ4v) is 1.49. The van der Waals surface area contributed by atoms with E-state index in [0.717, 1.165) is 5.69 Å². The number of ether oxygens (including phenoxy) is 1. The maximum atomic E-state index is 11.1. The summed E-state index contributed by atoms with van der Waals surface area (Å²) in [5, 5.41) is 12.1. The Morgan fingerprint density at radius 3 is 2.88 bits per heavy atom. The first-order valence-corrected chi connectivity index (χ1v) is 5.46. The Labute approximate surface area is 101 Å². The van der Waals surface area contributed by atoms with Gasteiger partial charge in [-0.15, -0.1) is 0 Å². The highest BCUT2D eigenvalue weighted by Crippen LogP contribution is 2.05.